The van der Waals surface area contributed by atoms with Crippen LogP contribution in [0.3, 0.4) is 0 Å². The van der Waals surface area contributed by atoms with Crippen LogP contribution in [0.5, 0.6) is 5.75 Å². The maximum Gasteiger partial charge on any atom is 0.324 e. The summed E-state index contributed by atoms with van der Waals surface area (Å²) >= 11 is 0. The molecule has 7 heteroatoms. The summed E-state index contributed by atoms with van der Waals surface area (Å²) in [5.74, 6) is -0.0455. The second kappa shape index (κ2) is 11.1. The van der Waals surface area contributed by atoms with Gasteiger partial charge in [0.05, 0.1) is 18.6 Å². The van der Waals surface area contributed by atoms with E-state index in [-0.39, 0.29) is 11.3 Å². The number of methoxy groups -OCH3 is 1. The summed E-state index contributed by atoms with van der Waals surface area (Å²) in [5.41, 5.74) is 3.89. The Balaban J connectivity index is 1.86. The highest BCUT2D eigenvalue weighted by Crippen LogP contribution is 2.25. The number of sulfonamides is 1. The van der Waals surface area contributed by atoms with Crippen molar-refractivity contribution in [1.29, 1.82) is 0 Å². The third-order valence-corrected chi connectivity index (χ3v) is 6.71. The van der Waals surface area contributed by atoms with E-state index in [1.165, 1.54) is 24.8 Å². The summed E-state index contributed by atoms with van der Waals surface area (Å²) in [6, 6.07) is 21.2. The number of carbonyl (C=O) groups is 1. The molecule has 1 N–H and O–H groups in total. The second-order valence-corrected chi connectivity index (χ2v) is 9.47. The molecule has 0 unspecified atom stereocenters. The van der Waals surface area contributed by atoms with Gasteiger partial charge >= 0.3 is 5.97 Å². The van der Waals surface area contributed by atoms with Crippen LogP contribution in [0.2, 0.25) is 0 Å². The third-order valence-electron chi connectivity index (χ3n) is 5.22. The maximum atomic E-state index is 12.9. The quantitative estimate of drug-likeness (QED) is 0.455. The van der Waals surface area contributed by atoms with Gasteiger partial charge in [0.15, 0.2) is 0 Å². The van der Waals surface area contributed by atoms with E-state index in [1.54, 1.807) is 12.1 Å². The molecular formula is C26H29NO5S. The number of hydrogen-bond acceptors (Lipinski definition) is 5. The zero-order valence-electron chi connectivity index (χ0n) is 19.1. The van der Waals surface area contributed by atoms with Crippen LogP contribution in [0.15, 0.2) is 77.7 Å². The van der Waals surface area contributed by atoms with Crippen molar-refractivity contribution in [2.24, 2.45) is 0 Å². The first-order valence-electron chi connectivity index (χ1n) is 10.8. The smallest absolute Gasteiger partial charge is 0.324 e. The van der Waals surface area contributed by atoms with Crippen molar-refractivity contribution >= 4 is 16.0 Å². The fourth-order valence-electron chi connectivity index (χ4n) is 3.51. The number of benzene rings is 3. The van der Waals surface area contributed by atoms with Gasteiger partial charge in [0.1, 0.15) is 11.8 Å². The van der Waals surface area contributed by atoms with Crippen molar-refractivity contribution < 1.29 is 22.7 Å². The summed E-state index contributed by atoms with van der Waals surface area (Å²) in [6.07, 6.45) is 0.834. The summed E-state index contributed by atoms with van der Waals surface area (Å²) in [4.78, 5) is 12.6. The number of esters is 1. The fourth-order valence-corrected chi connectivity index (χ4v) is 4.69. The van der Waals surface area contributed by atoms with E-state index < -0.39 is 22.0 Å². The highest BCUT2D eigenvalue weighted by Gasteiger charge is 2.28. The first kappa shape index (κ1) is 24.5. The summed E-state index contributed by atoms with van der Waals surface area (Å²) in [6.45, 7) is 4.20. The highest BCUT2D eigenvalue weighted by molar-refractivity contribution is 7.89. The summed E-state index contributed by atoms with van der Waals surface area (Å²) in [5, 5.41) is 0. The first-order valence-corrected chi connectivity index (χ1v) is 12.3. The van der Waals surface area contributed by atoms with E-state index in [0.29, 0.717) is 12.4 Å². The fraction of sp³-hybridized carbons (Fsp3) is 0.269. The molecule has 0 amide bonds. The van der Waals surface area contributed by atoms with E-state index in [2.05, 4.69) is 16.9 Å². The van der Waals surface area contributed by atoms with Crippen LogP contribution in [-0.4, -0.2) is 34.1 Å². The molecule has 0 aromatic heterocycles. The lowest BCUT2D eigenvalue weighted by molar-refractivity contribution is -0.142. The van der Waals surface area contributed by atoms with Gasteiger partial charge in [-0.25, -0.2) is 8.42 Å². The minimum atomic E-state index is -3.92. The normalized spacial score (nSPS) is 12.2. The highest BCUT2D eigenvalue weighted by atomic mass is 32.2. The van der Waals surface area contributed by atoms with Gasteiger partial charge in [-0.15, -0.1) is 0 Å². The van der Waals surface area contributed by atoms with Crippen molar-refractivity contribution in [2.75, 3.05) is 13.7 Å². The Morgan fingerprint density at radius 3 is 2.30 bits per heavy atom. The lowest BCUT2D eigenvalue weighted by atomic mass is 9.99. The van der Waals surface area contributed by atoms with Gasteiger partial charge in [0, 0.05) is 6.42 Å². The van der Waals surface area contributed by atoms with Gasteiger partial charge < -0.3 is 9.47 Å². The molecular weight excluding hydrogens is 438 g/mol. The van der Waals surface area contributed by atoms with Crippen molar-refractivity contribution in [3.05, 3.63) is 95.1 Å². The summed E-state index contributed by atoms with van der Waals surface area (Å²) in [7, 11) is -2.68. The van der Waals surface area contributed by atoms with E-state index in [1.807, 2.05) is 50.2 Å². The molecule has 0 saturated heterocycles. The average molecular weight is 468 g/mol. The van der Waals surface area contributed by atoms with E-state index in [0.717, 1.165) is 23.1 Å². The van der Waals surface area contributed by atoms with Gasteiger partial charge in [-0.05, 0) is 55.2 Å². The van der Waals surface area contributed by atoms with Crippen LogP contribution in [0.4, 0.5) is 0 Å². The van der Waals surface area contributed by atoms with Crippen LogP contribution < -0.4 is 9.46 Å². The van der Waals surface area contributed by atoms with E-state index >= 15 is 0 Å². The molecule has 0 aliphatic carbocycles. The van der Waals surface area contributed by atoms with Crippen molar-refractivity contribution in [3.8, 4) is 5.75 Å². The number of hydrogen-bond donors (Lipinski definition) is 1. The largest absolute Gasteiger partial charge is 0.494 e. The molecule has 0 saturated carbocycles. The van der Waals surface area contributed by atoms with Crippen LogP contribution in [0.25, 0.3) is 0 Å². The zero-order valence-corrected chi connectivity index (χ0v) is 19.9. The topological polar surface area (TPSA) is 81.7 Å². The van der Waals surface area contributed by atoms with Crippen molar-refractivity contribution in [2.45, 2.75) is 37.6 Å². The van der Waals surface area contributed by atoms with Crippen LogP contribution in [0, 0.1) is 6.92 Å². The molecule has 3 rings (SSSR count). The molecule has 0 aliphatic rings. The predicted octanol–water partition coefficient (Wildman–Crippen LogP) is 4.05. The van der Waals surface area contributed by atoms with Gasteiger partial charge in [-0.2, -0.15) is 4.72 Å². The number of ether oxygens (including phenoxy) is 2. The van der Waals surface area contributed by atoms with E-state index in [4.69, 9.17) is 9.47 Å². The number of carbonyl (C=O) groups excluding carboxylic acids is 1. The molecule has 3 aromatic rings. The molecule has 0 radical (unpaired) electrons. The number of nitrogens with one attached hydrogen (secondary N) is 1. The number of aryl methyl sites for hydroxylation is 1. The van der Waals surface area contributed by atoms with Gasteiger partial charge in [-0.3, -0.25) is 4.79 Å². The lowest BCUT2D eigenvalue weighted by Crippen LogP contribution is -2.43. The number of rotatable bonds is 10. The van der Waals surface area contributed by atoms with Gasteiger partial charge in [-0.1, -0.05) is 60.2 Å². The SMILES string of the molecule is CCOc1cc(Cc2ccccc2)ccc1C[C@H](NS(=O)(=O)c1ccc(C)cc1)C(=O)OC. The zero-order chi connectivity index (χ0) is 23.8. The molecule has 0 aliphatic heterocycles. The Labute approximate surface area is 195 Å². The van der Waals surface area contributed by atoms with Crippen molar-refractivity contribution in [3.63, 3.8) is 0 Å². The van der Waals surface area contributed by atoms with Crippen LogP contribution >= 0.6 is 0 Å². The van der Waals surface area contributed by atoms with Crippen molar-refractivity contribution in [1.82, 2.24) is 4.72 Å². The minimum absolute atomic E-state index is 0.0882. The Kier molecular flexibility index (Phi) is 8.25. The molecule has 0 fully saturated rings. The Morgan fingerprint density at radius 1 is 0.970 bits per heavy atom. The second-order valence-electron chi connectivity index (χ2n) is 7.75. The monoisotopic (exact) mass is 467 g/mol. The molecule has 0 heterocycles. The minimum Gasteiger partial charge on any atom is -0.494 e. The molecule has 6 nitrogen and oxygen atoms in total. The van der Waals surface area contributed by atoms with E-state index in [9.17, 15) is 13.2 Å². The molecule has 33 heavy (non-hydrogen) atoms. The Hall–Kier alpha value is -3.16. The third kappa shape index (κ3) is 6.66. The van der Waals surface area contributed by atoms with Gasteiger partial charge in [0.25, 0.3) is 0 Å². The molecule has 0 spiro atoms. The Morgan fingerprint density at radius 2 is 1.67 bits per heavy atom. The molecule has 0 bridgehead atoms. The first-order chi connectivity index (χ1) is 15.8. The molecule has 3 aromatic carbocycles. The average Bonchev–Trinajstić information content (AvgIpc) is 2.80. The maximum absolute atomic E-state index is 12.9. The molecule has 1 atom stereocenters. The van der Waals surface area contributed by atoms with Crippen LogP contribution in [0.1, 0.15) is 29.2 Å². The van der Waals surface area contributed by atoms with Crippen LogP contribution in [-0.2, 0) is 32.4 Å². The standard InChI is InChI=1S/C26H29NO5S/c1-4-32-25-17-21(16-20-8-6-5-7-9-20)12-13-22(25)18-24(26(28)31-3)27-33(29,30)23-14-10-19(2)11-15-23/h5-15,17,24,27H,4,16,18H2,1-3H3/t24-/m0/s1. The van der Waals surface area contributed by atoms with Gasteiger partial charge in [0.2, 0.25) is 10.0 Å². The summed E-state index contributed by atoms with van der Waals surface area (Å²) < 4.78 is 39.0. The predicted molar refractivity (Wildman–Crippen MR) is 128 cm³/mol. The Bertz CT molecular complexity index is 1180. The molecule has 174 valence electrons. The lowest BCUT2D eigenvalue weighted by Gasteiger charge is -2.19.